The van der Waals surface area contributed by atoms with E-state index in [9.17, 15) is 0 Å². The maximum atomic E-state index is 5.81. The highest BCUT2D eigenvalue weighted by Gasteiger charge is 2.38. The summed E-state index contributed by atoms with van der Waals surface area (Å²) in [4.78, 5) is 8.14. The summed E-state index contributed by atoms with van der Waals surface area (Å²) in [7, 11) is 3.22. The zero-order chi connectivity index (χ0) is 18.1. The number of halogens is 1. The van der Waals surface area contributed by atoms with Gasteiger partial charge in [-0.05, 0) is 6.07 Å². The fourth-order valence-electron chi connectivity index (χ4n) is 3.57. The Kier molecular flexibility index (Phi) is 6.18. The van der Waals surface area contributed by atoms with Crippen molar-refractivity contribution in [3.05, 3.63) is 11.6 Å². The van der Waals surface area contributed by atoms with E-state index in [2.05, 4.69) is 17.0 Å². The van der Waals surface area contributed by atoms with Gasteiger partial charge in [0.15, 0.2) is 17.6 Å². The van der Waals surface area contributed by atoms with Crippen molar-refractivity contribution in [3.8, 4) is 23.0 Å². The van der Waals surface area contributed by atoms with Gasteiger partial charge in [-0.25, -0.2) is 0 Å². The number of benzene rings is 1. The maximum Gasteiger partial charge on any atom is 0.231 e. The van der Waals surface area contributed by atoms with Crippen LogP contribution in [0.1, 0.15) is 18.6 Å². The fourth-order valence-corrected chi connectivity index (χ4v) is 3.57. The number of morpholine rings is 1. The predicted octanol–water partition coefficient (Wildman–Crippen LogP) is 2.25. The number of hydrogen-bond acceptors (Lipinski definition) is 8. The number of rotatable bonds is 5. The van der Waals surface area contributed by atoms with Crippen LogP contribution in [0, 0.1) is 5.92 Å². The topological polar surface area (TPSA) is 71.0 Å². The summed E-state index contributed by atoms with van der Waals surface area (Å²) in [6.07, 6.45) is -0.260. The van der Waals surface area contributed by atoms with Crippen LogP contribution in [0.5, 0.6) is 23.0 Å². The van der Waals surface area contributed by atoms with E-state index in [1.807, 2.05) is 6.07 Å². The van der Waals surface area contributed by atoms with Gasteiger partial charge in [0.25, 0.3) is 0 Å². The van der Waals surface area contributed by atoms with E-state index in [4.69, 9.17) is 28.5 Å². The molecule has 8 nitrogen and oxygen atoms in total. The fraction of sp³-hybridized carbons (Fsp3) is 0.611. The van der Waals surface area contributed by atoms with E-state index in [0.29, 0.717) is 23.0 Å². The smallest absolute Gasteiger partial charge is 0.231 e. The third kappa shape index (κ3) is 3.61. The van der Waals surface area contributed by atoms with Crippen molar-refractivity contribution in [3.63, 3.8) is 0 Å². The molecule has 27 heavy (non-hydrogen) atoms. The van der Waals surface area contributed by atoms with Crippen molar-refractivity contribution in [2.75, 3.05) is 53.9 Å². The molecular weight excluding hydrogens is 376 g/mol. The van der Waals surface area contributed by atoms with Crippen molar-refractivity contribution in [1.82, 2.24) is 4.90 Å². The third-order valence-corrected chi connectivity index (χ3v) is 5.07. The highest BCUT2D eigenvalue weighted by Crippen LogP contribution is 2.53. The molecule has 3 aliphatic heterocycles. The van der Waals surface area contributed by atoms with Crippen LogP contribution >= 0.6 is 12.4 Å². The highest BCUT2D eigenvalue weighted by molar-refractivity contribution is 5.90. The Morgan fingerprint density at radius 2 is 1.89 bits per heavy atom. The molecule has 1 aromatic rings. The molecule has 9 heteroatoms. The van der Waals surface area contributed by atoms with Crippen LogP contribution in [-0.4, -0.2) is 64.5 Å². The van der Waals surface area contributed by atoms with Gasteiger partial charge >= 0.3 is 0 Å². The van der Waals surface area contributed by atoms with Gasteiger partial charge in [0.2, 0.25) is 18.3 Å². The second-order valence-electron chi connectivity index (χ2n) is 6.55. The van der Waals surface area contributed by atoms with Crippen LogP contribution in [0.2, 0.25) is 0 Å². The van der Waals surface area contributed by atoms with E-state index < -0.39 is 0 Å². The van der Waals surface area contributed by atoms with Gasteiger partial charge < -0.3 is 28.5 Å². The lowest BCUT2D eigenvalue weighted by molar-refractivity contribution is 0.0449. The summed E-state index contributed by atoms with van der Waals surface area (Å²) in [6, 6.07) is 1.89. The Labute approximate surface area is 164 Å². The third-order valence-electron chi connectivity index (χ3n) is 5.07. The first kappa shape index (κ1) is 19.9. The summed E-state index contributed by atoms with van der Waals surface area (Å²) in [5.74, 6) is 2.44. The quantitative estimate of drug-likeness (QED) is 0.750. The van der Waals surface area contributed by atoms with Crippen molar-refractivity contribution in [2.24, 2.45) is 11.1 Å². The molecule has 150 valence electrons. The molecule has 0 aliphatic carbocycles. The molecule has 0 N–H and O–H groups in total. The summed E-state index contributed by atoms with van der Waals surface area (Å²) in [5, 5.41) is 4.36. The number of ether oxygens (including phenoxy) is 5. The number of oxime groups is 1. The molecule has 1 aromatic carbocycles. The summed E-state index contributed by atoms with van der Waals surface area (Å²) >= 11 is 0. The van der Waals surface area contributed by atoms with Gasteiger partial charge in [0.1, 0.15) is 0 Å². The van der Waals surface area contributed by atoms with E-state index >= 15 is 0 Å². The Morgan fingerprint density at radius 1 is 1.15 bits per heavy atom. The van der Waals surface area contributed by atoms with Crippen molar-refractivity contribution in [1.29, 1.82) is 0 Å². The van der Waals surface area contributed by atoms with Gasteiger partial charge in [0.05, 0.1) is 33.1 Å². The number of methoxy groups -OCH3 is 2. The molecule has 0 spiro atoms. The molecule has 0 radical (unpaired) electrons. The first-order chi connectivity index (χ1) is 12.7. The van der Waals surface area contributed by atoms with E-state index in [1.54, 1.807) is 14.2 Å². The normalized spacial score (nSPS) is 24.0. The van der Waals surface area contributed by atoms with Crippen LogP contribution in [-0.2, 0) is 9.57 Å². The summed E-state index contributed by atoms with van der Waals surface area (Å²) in [5.41, 5.74) is 1.87. The predicted molar refractivity (Wildman–Crippen MR) is 101 cm³/mol. The Balaban J connectivity index is 0.00000210. The Hall–Kier alpha value is -1.90. The van der Waals surface area contributed by atoms with Crippen LogP contribution in [0.25, 0.3) is 0 Å². The standard InChI is InChI=1S/C18H24N2O6.ClH/c1-11-13(9-20-4-6-23-7-5-20)19-26-15(11)12-8-14(21-2)17-18(16(12)22-3)25-10-24-17;/h8,11,15H,4-7,9-10H2,1-3H3;1H. The Bertz CT molecular complexity index is 708. The molecule has 0 amide bonds. The lowest BCUT2D eigenvalue weighted by Gasteiger charge is -2.27. The van der Waals surface area contributed by atoms with Gasteiger partial charge in [0, 0.05) is 31.1 Å². The highest BCUT2D eigenvalue weighted by atomic mass is 35.5. The molecule has 2 unspecified atom stereocenters. The molecular formula is C18H25ClN2O6. The van der Waals surface area contributed by atoms with Crippen LogP contribution in [0.4, 0.5) is 0 Å². The second kappa shape index (κ2) is 8.41. The zero-order valence-electron chi connectivity index (χ0n) is 15.7. The summed E-state index contributed by atoms with van der Waals surface area (Å²) < 4.78 is 27.6. The molecule has 3 heterocycles. The van der Waals surface area contributed by atoms with Crippen LogP contribution in [0.3, 0.4) is 0 Å². The van der Waals surface area contributed by atoms with Gasteiger partial charge in [-0.15, -0.1) is 12.4 Å². The van der Waals surface area contributed by atoms with Crippen molar-refractivity contribution >= 4 is 18.1 Å². The molecule has 1 saturated heterocycles. The average Bonchev–Trinajstić information content (AvgIpc) is 3.29. The number of hydrogen-bond donors (Lipinski definition) is 0. The van der Waals surface area contributed by atoms with E-state index in [1.165, 1.54) is 0 Å². The van der Waals surface area contributed by atoms with Crippen molar-refractivity contribution < 1.29 is 28.5 Å². The average molecular weight is 401 g/mol. The van der Waals surface area contributed by atoms with Crippen molar-refractivity contribution in [2.45, 2.75) is 13.0 Å². The first-order valence-electron chi connectivity index (χ1n) is 8.80. The minimum Gasteiger partial charge on any atom is -0.493 e. The molecule has 0 aromatic heterocycles. The van der Waals surface area contributed by atoms with Gasteiger partial charge in [-0.2, -0.15) is 0 Å². The van der Waals surface area contributed by atoms with E-state index in [0.717, 1.165) is 44.1 Å². The van der Waals surface area contributed by atoms with E-state index in [-0.39, 0.29) is 31.2 Å². The molecule has 0 saturated carbocycles. The van der Waals surface area contributed by atoms with Gasteiger partial charge in [-0.3, -0.25) is 4.90 Å². The minimum absolute atomic E-state index is 0. The molecule has 2 atom stereocenters. The monoisotopic (exact) mass is 400 g/mol. The molecule has 1 fully saturated rings. The van der Waals surface area contributed by atoms with Gasteiger partial charge in [-0.1, -0.05) is 12.1 Å². The number of nitrogens with zero attached hydrogens (tertiary/aromatic N) is 2. The molecule has 4 rings (SSSR count). The minimum atomic E-state index is -0.260. The summed E-state index contributed by atoms with van der Waals surface area (Å²) in [6.45, 7) is 6.40. The SMILES string of the molecule is COc1cc(C2ON=C(CN3CCOCC3)C2C)c(OC)c2c1OCO2.Cl. The second-order valence-corrected chi connectivity index (χ2v) is 6.55. The lowest BCUT2D eigenvalue weighted by Crippen LogP contribution is -2.40. The largest absolute Gasteiger partial charge is 0.493 e. The maximum absolute atomic E-state index is 5.81. The lowest BCUT2D eigenvalue weighted by atomic mass is 9.92. The first-order valence-corrected chi connectivity index (χ1v) is 8.80. The molecule has 3 aliphatic rings. The van der Waals surface area contributed by atoms with Crippen LogP contribution in [0.15, 0.2) is 11.2 Å². The van der Waals surface area contributed by atoms with Crippen LogP contribution < -0.4 is 18.9 Å². The Morgan fingerprint density at radius 3 is 2.59 bits per heavy atom. The zero-order valence-corrected chi connectivity index (χ0v) is 16.5. The molecule has 0 bridgehead atoms. The number of fused-ring (bicyclic) bond motifs is 1.